The fourth-order valence-electron chi connectivity index (χ4n) is 2.43. The lowest BCUT2D eigenvalue weighted by Gasteiger charge is -2.10. The number of benzene rings is 1. The number of hydrogen-bond donors (Lipinski definition) is 2. The van der Waals surface area contributed by atoms with Crippen LogP contribution in [0.25, 0.3) is 11.3 Å². The third-order valence-electron chi connectivity index (χ3n) is 3.83. The van der Waals surface area contributed by atoms with Gasteiger partial charge in [0.1, 0.15) is 5.01 Å². The highest BCUT2D eigenvalue weighted by Gasteiger charge is 2.06. The van der Waals surface area contributed by atoms with Crippen LogP contribution in [0.1, 0.15) is 21.8 Å². The second-order valence-corrected chi connectivity index (χ2v) is 7.81. The van der Waals surface area contributed by atoms with Crippen LogP contribution in [0.15, 0.2) is 46.9 Å². The van der Waals surface area contributed by atoms with Crippen molar-refractivity contribution in [3.05, 3.63) is 56.8 Å². The molecule has 0 saturated heterocycles. The van der Waals surface area contributed by atoms with Gasteiger partial charge in [0.05, 0.1) is 17.2 Å². The molecule has 27 heavy (non-hydrogen) atoms. The van der Waals surface area contributed by atoms with E-state index in [-0.39, 0.29) is 24.0 Å². The first kappa shape index (κ1) is 21.8. The van der Waals surface area contributed by atoms with Gasteiger partial charge in [-0.15, -0.1) is 46.7 Å². The summed E-state index contributed by atoms with van der Waals surface area (Å²) in [7, 11) is 1.78. The van der Waals surface area contributed by atoms with E-state index in [1.807, 2.05) is 24.4 Å². The first-order valence-electron chi connectivity index (χ1n) is 8.66. The maximum Gasteiger partial charge on any atom is 0.191 e. The lowest BCUT2D eigenvalue weighted by atomic mass is 10.2. The standard InChI is InChI=1S/C19H23N5S2.HI/c1-3-15-11-22-17(26-15)9-10-21-19(20-2)23-12-18-24-16(13-25-18)14-7-5-4-6-8-14;/h4-8,11,13H,3,9-10,12H2,1-2H3,(H2,20,21,23);1H. The summed E-state index contributed by atoms with van der Waals surface area (Å²) < 4.78 is 0. The average Bonchev–Trinajstić information content (AvgIpc) is 3.34. The van der Waals surface area contributed by atoms with Gasteiger partial charge in [0.2, 0.25) is 0 Å². The molecule has 0 radical (unpaired) electrons. The molecule has 1 aromatic carbocycles. The molecule has 0 atom stereocenters. The van der Waals surface area contributed by atoms with Crippen LogP contribution in [0.5, 0.6) is 0 Å². The number of aryl methyl sites for hydroxylation is 1. The van der Waals surface area contributed by atoms with E-state index in [9.17, 15) is 0 Å². The molecule has 2 N–H and O–H groups in total. The number of aromatic nitrogens is 2. The SMILES string of the molecule is CCc1cnc(CCNC(=NC)NCc2nc(-c3ccccc3)cs2)s1.I. The van der Waals surface area contributed by atoms with Crippen LogP contribution in [-0.2, 0) is 19.4 Å². The highest BCUT2D eigenvalue weighted by molar-refractivity contribution is 14.0. The first-order valence-corrected chi connectivity index (χ1v) is 10.4. The summed E-state index contributed by atoms with van der Waals surface area (Å²) in [6.45, 7) is 3.63. The molecular weight excluding hydrogens is 489 g/mol. The Morgan fingerprint density at radius 1 is 1.15 bits per heavy atom. The minimum absolute atomic E-state index is 0. The molecule has 3 aromatic rings. The maximum absolute atomic E-state index is 4.69. The Kier molecular flexibility index (Phi) is 9.16. The average molecular weight is 513 g/mol. The van der Waals surface area contributed by atoms with Crippen LogP contribution in [0.2, 0.25) is 0 Å². The first-order chi connectivity index (χ1) is 12.8. The topological polar surface area (TPSA) is 62.2 Å². The monoisotopic (exact) mass is 513 g/mol. The number of nitrogens with zero attached hydrogens (tertiary/aromatic N) is 3. The lowest BCUT2D eigenvalue weighted by Crippen LogP contribution is -2.37. The number of rotatable bonds is 7. The predicted octanol–water partition coefficient (Wildman–Crippen LogP) is 4.35. The van der Waals surface area contributed by atoms with E-state index in [1.54, 1.807) is 29.7 Å². The summed E-state index contributed by atoms with van der Waals surface area (Å²) in [6.07, 6.45) is 3.92. The Morgan fingerprint density at radius 2 is 1.96 bits per heavy atom. The number of nitrogens with one attached hydrogen (secondary N) is 2. The van der Waals surface area contributed by atoms with Gasteiger partial charge in [0.15, 0.2) is 5.96 Å². The van der Waals surface area contributed by atoms with E-state index in [4.69, 9.17) is 4.98 Å². The predicted molar refractivity (Wildman–Crippen MR) is 126 cm³/mol. The van der Waals surface area contributed by atoms with Crippen molar-refractivity contribution in [2.45, 2.75) is 26.3 Å². The molecule has 0 bridgehead atoms. The van der Waals surface area contributed by atoms with Crippen molar-refractivity contribution in [2.75, 3.05) is 13.6 Å². The molecule has 3 rings (SSSR count). The van der Waals surface area contributed by atoms with Gasteiger partial charge in [-0.2, -0.15) is 0 Å². The van der Waals surface area contributed by atoms with Gasteiger partial charge in [-0.3, -0.25) is 4.99 Å². The van der Waals surface area contributed by atoms with Gasteiger partial charge >= 0.3 is 0 Å². The zero-order chi connectivity index (χ0) is 18.2. The molecule has 0 spiro atoms. The minimum Gasteiger partial charge on any atom is -0.356 e. The smallest absolute Gasteiger partial charge is 0.191 e. The molecule has 0 unspecified atom stereocenters. The largest absolute Gasteiger partial charge is 0.356 e. The van der Waals surface area contributed by atoms with E-state index in [0.717, 1.165) is 46.6 Å². The number of aliphatic imine (C=N–C) groups is 1. The highest BCUT2D eigenvalue weighted by Crippen LogP contribution is 2.21. The van der Waals surface area contributed by atoms with Crippen LogP contribution in [0.3, 0.4) is 0 Å². The molecule has 0 aliphatic carbocycles. The van der Waals surface area contributed by atoms with E-state index in [1.165, 1.54) is 4.88 Å². The second-order valence-electron chi connectivity index (χ2n) is 5.67. The molecule has 0 saturated carbocycles. The lowest BCUT2D eigenvalue weighted by molar-refractivity contribution is 0.789. The maximum atomic E-state index is 4.69. The zero-order valence-corrected chi connectivity index (χ0v) is 19.4. The van der Waals surface area contributed by atoms with Crippen LogP contribution in [0, 0.1) is 0 Å². The van der Waals surface area contributed by atoms with Gasteiger partial charge in [-0.05, 0) is 6.42 Å². The van der Waals surface area contributed by atoms with E-state index >= 15 is 0 Å². The summed E-state index contributed by atoms with van der Waals surface area (Å²) >= 11 is 3.44. The van der Waals surface area contributed by atoms with Crippen molar-refractivity contribution in [2.24, 2.45) is 4.99 Å². The van der Waals surface area contributed by atoms with Crippen LogP contribution in [0.4, 0.5) is 0 Å². The third-order valence-corrected chi connectivity index (χ3v) is 5.88. The summed E-state index contributed by atoms with van der Waals surface area (Å²) in [6, 6.07) is 10.2. The second kappa shape index (κ2) is 11.4. The van der Waals surface area contributed by atoms with Gasteiger partial charge in [0, 0.05) is 42.0 Å². The van der Waals surface area contributed by atoms with E-state index in [2.05, 4.69) is 45.0 Å². The van der Waals surface area contributed by atoms with Gasteiger partial charge < -0.3 is 10.6 Å². The van der Waals surface area contributed by atoms with E-state index < -0.39 is 0 Å². The number of halogens is 1. The molecular formula is C19H24IN5S2. The molecule has 144 valence electrons. The van der Waals surface area contributed by atoms with Gasteiger partial charge in [-0.1, -0.05) is 37.3 Å². The molecule has 0 aliphatic rings. The quantitative estimate of drug-likeness (QED) is 0.280. The van der Waals surface area contributed by atoms with Crippen molar-refractivity contribution >= 4 is 52.6 Å². The molecule has 2 aromatic heterocycles. The number of hydrogen-bond acceptors (Lipinski definition) is 5. The number of thiazole rings is 2. The molecule has 0 amide bonds. The molecule has 0 fully saturated rings. The van der Waals surface area contributed by atoms with Crippen LogP contribution >= 0.6 is 46.7 Å². The summed E-state index contributed by atoms with van der Waals surface area (Å²) in [5, 5.41) is 11.0. The molecule has 5 nitrogen and oxygen atoms in total. The van der Waals surface area contributed by atoms with Crippen molar-refractivity contribution in [3.63, 3.8) is 0 Å². The Hall–Kier alpha value is -1.52. The fraction of sp³-hybridized carbons (Fsp3) is 0.316. The minimum atomic E-state index is 0. The third kappa shape index (κ3) is 6.54. The molecule has 0 aliphatic heterocycles. The van der Waals surface area contributed by atoms with Gasteiger partial charge in [-0.25, -0.2) is 9.97 Å². The highest BCUT2D eigenvalue weighted by atomic mass is 127. The van der Waals surface area contributed by atoms with Crippen molar-refractivity contribution in [3.8, 4) is 11.3 Å². The Morgan fingerprint density at radius 3 is 2.67 bits per heavy atom. The summed E-state index contributed by atoms with van der Waals surface area (Å²) in [5.74, 6) is 0.786. The molecule has 8 heteroatoms. The van der Waals surface area contributed by atoms with Crippen molar-refractivity contribution in [1.29, 1.82) is 0 Å². The van der Waals surface area contributed by atoms with Crippen molar-refractivity contribution < 1.29 is 0 Å². The molecule has 2 heterocycles. The van der Waals surface area contributed by atoms with E-state index in [0.29, 0.717) is 6.54 Å². The Bertz CT molecular complexity index is 845. The van der Waals surface area contributed by atoms with Crippen LogP contribution in [-0.4, -0.2) is 29.5 Å². The zero-order valence-electron chi connectivity index (χ0n) is 15.4. The van der Waals surface area contributed by atoms with Crippen molar-refractivity contribution in [1.82, 2.24) is 20.6 Å². The fourth-order valence-corrected chi connectivity index (χ4v) is 4.03. The Labute approximate surface area is 185 Å². The van der Waals surface area contributed by atoms with Crippen LogP contribution < -0.4 is 10.6 Å². The van der Waals surface area contributed by atoms with Gasteiger partial charge in [0.25, 0.3) is 0 Å². The number of guanidine groups is 1. The summed E-state index contributed by atoms with van der Waals surface area (Å²) in [5.41, 5.74) is 2.17. The summed E-state index contributed by atoms with van der Waals surface area (Å²) in [4.78, 5) is 14.7. The Balaban J connectivity index is 0.00000261. The normalized spacial score (nSPS) is 11.1.